The molecule has 6 nitrogen and oxygen atoms in total. The Bertz CT molecular complexity index is 881. The number of carbonyl (C=O) groups excluding carboxylic acids is 1. The Balaban J connectivity index is 1.73. The van der Waals surface area contributed by atoms with Crippen LogP contribution in [0.3, 0.4) is 0 Å². The van der Waals surface area contributed by atoms with Gasteiger partial charge in [-0.1, -0.05) is 35.0 Å². The maximum Gasteiger partial charge on any atom is 0.266 e. The van der Waals surface area contributed by atoms with Crippen molar-refractivity contribution in [3.8, 4) is 17.0 Å². The van der Waals surface area contributed by atoms with Gasteiger partial charge in [0.05, 0.1) is 0 Å². The Kier molecular flexibility index (Phi) is 5.62. The van der Waals surface area contributed by atoms with Crippen LogP contribution in [0.2, 0.25) is 0 Å². The molecular weight excluding hydrogens is 405 g/mol. The summed E-state index contributed by atoms with van der Waals surface area (Å²) in [5.74, 6) is -0.160. The quantitative estimate of drug-likeness (QED) is 0.638. The number of ether oxygens (including phenoxy) is 1. The number of nitrogens with zero attached hydrogens (tertiary/aromatic N) is 2. The van der Waals surface area contributed by atoms with E-state index >= 15 is 0 Å². The highest BCUT2D eigenvalue weighted by Gasteiger charge is 2.22. The van der Waals surface area contributed by atoms with Crippen LogP contribution in [0.15, 0.2) is 57.6 Å². The normalized spacial score (nSPS) is 11.8. The van der Waals surface area contributed by atoms with Crippen molar-refractivity contribution < 1.29 is 18.6 Å². The summed E-state index contributed by atoms with van der Waals surface area (Å²) in [5.41, 5.74) is 1.17. The predicted molar refractivity (Wildman–Crippen MR) is 97.2 cm³/mol. The van der Waals surface area contributed by atoms with E-state index in [4.69, 9.17) is 9.37 Å². The van der Waals surface area contributed by atoms with Crippen LogP contribution in [0.1, 0.15) is 13.3 Å². The van der Waals surface area contributed by atoms with Crippen LogP contribution in [0.25, 0.3) is 11.3 Å². The molecule has 2 aromatic carbocycles. The van der Waals surface area contributed by atoms with Gasteiger partial charge in [0.1, 0.15) is 11.6 Å². The summed E-state index contributed by atoms with van der Waals surface area (Å²) in [5, 5.41) is 10.3. The lowest BCUT2D eigenvalue weighted by Gasteiger charge is -2.16. The Morgan fingerprint density at radius 2 is 1.88 bits per heavy atom. The Morgan fingerprint density at radius 3 is 2.54 bits per heavy atom. The third-order valence-electron chi connectivity index (χ3n) is 3.60. The molecule has 1 N–H and O–H groups in total. The van der Waals surface area contributed by atoms with Crippen LogP contribution >= 0.6 is 15.9 Å². The molecule has 0 saturated carbocycles. The first-order valence-electron chi connectivity index (χ1n) is 7.88. The van der Waals surface area contributed by atoms with Gasteiger partial charge in [-0.3, -0.25) is 4.79 Å². The Hall–Kier alpha value is -2.74. The Morgan fingerprint density at radius 1 is 1.19 bits per heavy atom. The van der Waals surface area contributed by atoms with Crippen LogP contribution in [-0.4, -0.2) is 22.3 Å². The van der Waals surface area contributed by atoms with Gasteiger partial charge in [0.15, 0.2) is 11.8 Å². The second kappa shape index (κ2) is 8.09. The summed E-state index contributed by atoms with van der Waals surface area (Å²) in [6.45, 7) is 1.81. The molecule has 1 aromatic heterocycles. The molecule has 0 radical (unpaired) electrons. The van der Waals surface area contributed by atoms with Gasteiger partial charge in [0.25, 0.3) is 5.91 Å². The molecule has 26 heavy (non-hydrogen) atoms. The third kappa shape index (κ3) is 4.26. The van der Waals surface area contributed by atoms with Crippen molar-refractivity contribution in [3.05, 3.63) is 58.8 Å². The molecule has 134 valence electrons. The van der Waals surface area contributed by atoms with Crippen LogP contribution in [0.5, 0.6) is 5.75 Å². The summed E-state index contributed by atoms with van der Waals surface area (Å²) < 4.78 is 24.3. The number of hydrogen-bond acceptors (Lipinski definition) is 5. The van der Waals surface area contributed by atoms with E-state index in [2.05, 4.69) is 31.6 Å². The van der Waals surface area contributed by atoms with Crippen LogP contribution in [-0.2, 0) is 4.79 Å². The summed E-state index contributed by atoms with van der Waals surface area (Å²) in [4.78, 5) is 12.5. The number of hydrogen-bond donors (Lipinski definition) is 1. The van der Waals surface area contributed by atoms with Gasteiger partial charge in [-0.05, 0) is 53.1 Å². The van der Waals surface area contributed by atoms with E-state index < -0.39 is 12.0 Å². The van der Waals surface area contributed by atoms with Crippen LogP contribution < -0.4 is 10.1 Å². The van der Waals surface area contributed by atoms with E-state index in [1.54, 1.807) is 0 Å². The molecule has 1 atom stereocenters. The van der Waals surface area contributed by atoms with E-state index in [-0.39, 0.29) is 11.6 Å². The summed E-state index contributed by atoms with van der Waals surface area (Å²) in [6.07, 6.45) is -0.350. The molecule has 0 bridgehead atoms. The topological polar surface area (TPSA) is 77.2 Å². The predicted octanol–water partition coefficient (Wildman–Crippen LogP) is 4.43. The first kappa shape index (κ1) is 18.1. The highest BCUT2D eigenvalue weighted by atomic mass is 79.9. The van der Waals surface area contributed by atoms with Crippen molar-refractivity contribution in [2.24, 2.45) is 0 Å². The van der Waals surface area contributed by atoms with Gasteiger partial charge in [0.2, 0.25) is 5.82 Å². The van der Waals surface area contributed by atoms with Crippen LogP contribution in [0.4, 0.5) is 10.2 Å². The number of halogens is 2. The minimum absolute atomic E-state index is 0.207. The summed E-state index contributed by atoms with van der Waals surface area (Å²) >= 11 is 3.36. The van der Waals surface area contributed by atoms with Crippen molar-refractivity contribution in [2.45, 2.75) is 19.4 Å². The minimum Gasteiger partial charge on any atom is -0.481 e. The molecule has 3 rings (SSSR count). The van der Waals surface area contributed by atoms with E-state index in [9.17, 15) is 9.18 Å². The summed E-state index contributed by atoms with van der Waals surface area (Å²) in [6, 6.07) is 12.8. The number of rotatable bonds is 6. The molecule has 3 aromatic rings. The van der Waals surface area contributed by atoms with Gasteiger partial charge in [-0.25, -0.2) is 9.02 Å². The molecule has 8 heteroatoms. The molecule has 0 aliphatic carbocycles. The molecular formula is C18H15BrFN3O3. The maximum atomic E-state index is 13.0. The van der Waals surface area contributed by atoms with Crippen molar-refractivity contribution in [2.75, 3.05) is 5.32 Å². The zero-order valence-corrected chi connectivity index (χ0v) is 15.4. The molecule has 0 aliphatic rings. The van der Waals surface area contributed by atoms with E-state index in [1.165, 1.54) is 24.3 Å². The fraction of sp³-hybridized carbons (Fsp3) is 0.167. The van der Waals surface area contributed by atoms with Gasteiger partial charge in [-0.2, -0.15) is 0 Å². The van der Waals surface area contributed by atoms with E-state index in [1.807, 2.05) is 31.2 Å². The monoisotopic (exact) mass is 419 g/mol. The number of amides is 1. The largest absolute Gasteiger partial charge is 0.481 e. The fourth-order valence-corrected chi connectivity index (χ4v) is 2.53. The third-order valence-corrected chi connectivity index (χ3v) is 4.13. The zero-order valence-electron chi connectivity index (χ0n) is 13.8. The molecule has 0 fully saturated rings. The molecule has 0 aliphatic heterocycles. The second-order valence-electron chi connectivity index (χ2n) is 5.43. The van der Waals surface area contributed by atoms with Gasteiger partial charge < -0.3 is 10.1 Å². The van der Waals surface area contributed by atoms with E-state index in [0.717, 1.165) is 10.0 Å². The molecule has 1 amide bonds. The number of aromatic nitrogens is 2. The standard InChI is InChI=1S/C18H15BrFN3O3/c1-2-15(25-14-9-7-13(20)8-10-14)18(24)21-17-16(22-26-23-17)11-3-5-12(19)6-4-11/h3-10,15H,2H2,1H3,(H,21,23,24). The number of carbonyl (C=O) groups is 1. The molecule has 1 unspecified atom stereocenters. The lowest BCUT2D eigenvalue weighted by atomic mass is 10.1. The lowest BCUT2D eigenvalue weighted by molar-refractivity contribution is -0.122. The smallest absolute Gasteiger partial charge is 0.266 e. The second-order valence-corrected chi connectivity index (χ2v) is 6.34. The van der Waals surface area contributed by atoms with E-state index in [0.29, 0.717) is 17.9 Å². The number of anilines is 1. The highest BCUT2D eigenvalue weighted by Crippen LogP contribution is 2.26. The van der Waals surface area contributed by atoms with Crippen molar-refractivity contribution in [3.63, 3.8) is 0 Å². The van der Waals surface area contributed by atoms with Crippen molar-refractivity contribution in [1.82, 2.24) is 10.3 Å². The highest BCUT2D eigenvalue weighted by molar-refractivity contribution is 9.10. The minimum atomic E-state index is -0.769. The summed E-state index contributed by atoms with van der Waals surface area (Å²) in [7, 11) is 0. The first-order chi connectivity index (χ1) is 12.6. The van der Waals surface area contributed by atoms with Gasteiger partial charge in [0, 0.05) is 10.0 Å². The van der Waals surface area contributed by atoms with Crippen molar-refractivity contribution >= 4 is 27.7 Å². The molecule has 0 spiro atoms. The average molecular weight is 420 g/mol. The van der Waals surface area contributed by atoms with Gasteiger partial charge >= 0.3 is 0 Å². The van der Waals surface area contributed by atoms with Crippen molar-refractivity contribution in [1.29, 1.82) is 0 Å². The SMILES string of the molecule is CCC(Oc1ccc(F)cc1)C(=O)Nc1nonc1-c1ccc(Br)cc1. The molecule has 0 saturated heterocycles. The first-order valence-corrected chi connectivity index (χ1v) is 8.67. The Labute approximate surface area is 157 Å². The fourth-order valence-electron chi connectivity index (χ4n) is 2.26. The number of benzene rings is 2. The van der Waals surface area contributed by atoms with Crippen LogP contribution in [0, 0.1) is 5.82 Å². The average Bonchev–Trinajstić information content (AvgIpc) is 3.10. The zero-order chi connectivity index (χ0) is 18.5. The van der Waals surface area contributed by atoms with Gasteiger partial charge in [-0.15, -0.1) is 0 Å². The lowest BCUT2D eigenvalue weighted by Crippen LogP contribution is -2.32. The maximum absolute atomic E-state index is 13.0. The molecule has 1 heterocycles. The number of nitrogens with one attached hydrogen (secondary N) is 1.